The van der Waals surface area contributed by atoms with Crippen LogP contribution in [0.3, 0.4) is 0 Å². The summed E-state index contributed by atoms with van der Waals surface area (Å²) >= 11 is 0. The number of rotatable bonds is 3. The smallest absolute Gasteiger partial charge is 0.308 e. The highest BCUT2D eigenvalue weighted by atomic mass is 16.4. The van der Waals surface area contributed by atoms with Gasteiger partial charge in [0, 0.05) is 12.0 Å². The van der Waals surface area contributed by atoms with Crippen molar-refractivity contribution in [2.24, 2.45) is 11.8 Å². The molecule has 0 aromatic heterocycles. The number of carboxylic acids is 1. The van der Waals surface area contributed by atoms with Crippen molar-refractivity contribution in [2.45, 2.75) is 57.4 Å². The van der Waals surface area contributed by atoms with Gasteiger partial charge in [-0.2, -0.15) is 0 Å². The fourth-order valence-corrected chi connectivity index (χ4v) is 2.75. The summed E-state index contributed by atoms with van der Waals surface area (Å²) in [4.78, 5) is 23.1. The van der Waals surface area contributed by atoms with Gasteiger partial charge in [-0.25, -0.2) is 0 Å². The molecular formula is C13H21NO3. The molecule has 17 heavy (non-hydrogen) atoms. The predicted molar refractivity (Wildman–Crippen MR) is 63.5 cm³/mol. The van der Waals surface area contributed by atoms with E-state index in [0.717, 1.165) is 44.9 Å². The van der Waals surface area contributed by atoms with E-state index in [2.05, 4.69) is 5.32 Å². The van der Waals surface area contributed by atoms with E-state index in [0.29, 0.717) is 6.42 Å². The number of carboxylic acid groups (broad SMARTS) is 1. The van der Waals surface area contributed by atoms with E-state index in [-0.39, 0.29) is 23.8 Å². The van der Waals surface area contributed by atoms with E-state index >= 15 is 0 Å². The lowest BCUT2D eigenvalue weighted by Crippen LogP contribution is -2.46. The number of hydrogen-bond acceptors (Lipinski definition) is 2. The molecule has 2 fully saturated rings. The van der Waals surface area contributed by atoms with Gasteiger partial charge in [0.25, 0.3) is 0 Å². The molecule has 96 valence electrons. The second-order valence-electron chi connectivity index (χ2n) is 5.33. The zero-order valence-electron chi connectivity index (χ0n) is 10.2. The molecule has 0 spiro atoms. The first-order chi connectivity index (χ1) is 8.18. The molecule has 0 aromatic rings. The number of aliphatic carboxylic acids is 1. The Morgan fingerprint density at radius 3 is 2.24 bits per heavy atom. The van der Waals surface area contributed by atoms with E-state index in [9.17, 15) is 14.7 Å². The predicted octanol–water partition coefficient (Wildman–Crippen LogP) is 1.94. The molecule has 2 aliphatic carbocycles. The second-order valence-corrected chi connectivity index (χ2v) is 5.33. The maximum atomic E-state index is 11.9. The SMILES string of the molecule is O=C(N[C@H]1CCCCC[C@H]1C(=O)O)C1CCC1. The van der Waals surface area contributed by atoms with Crippen LogP contribution in [-0.4, -0.2) is 23.0 Å². The Kier molecular flexibility index (Phi) is 4.02. The Balaban J connectivity index is 1.94. The maximum absolute atomic E-state index is 11.9. The molecule has 2 aliphatic rings. The standard InChI is InChI=1S/C13H21NO3/c15-12(9-5-4-6-9)14-11-8-3-1-2-7-10(11)13(16)17/h9-11H,1-8H2,(H,14,15)(H,16,17)/t10-,11+/m1/s1. The molecule has 2 N–H and O–H groups in total. The average Bonchev–Trinajstić information content (AvgIpc) is 2.40. The molecule has 0 aromatic carbocycles. The van der Waals surface area contributed by atoms with Gasteiger partial charge in [-0.1, -0.05) is 25.7 Å². The third-order valence-corrected chi connectivity index (χ3v) is 4.14. The molecule has 4 nitrogen and oxygen atoms in total. The molecule has 0 saturated heterocycles. The summed E-state index contributed by atoms with van der Waals surface area (Å²) in [5, 5.41) is 12.2. The molecule has 1 amide bonds. The summed E-state index contributed by atoms with van der Waals surface area (Å²) in [5.74, 6) is -0.922. The zero-order chi connectivity index (χ0) is 12.3. The highest BCUT2D eigenvalue weighted by Crippen LogP contribution is 2.28. The van der Waals surface area contributed by atoms with Crippen LogP contribution in [0, 0.1) is 11.8 Å². The summed E-state index contributed by atoms with van der Waals surface area (Å²) in [6, 6.07) is -0.150. The zero-order valence-corrected chi connectivity index (χ0v) is 10.2. The van der Waals surface area contributed by atoms with Crippen LogP contribution >= 0.6 is 0 Å². The van der Waals surface area contributed by atoms with Crippen LogP contribution in [0.1, 0.15) is 51.4 Å². The number of nitrogens with one attached hydrogen (secondary N) is 1. The van der Waals surface area contributed by atoms with Gasteiger partial charge >= 0.3 is 5.97 Å². The molecule has 0 unspecified atom stereocenters. The van der Waals surface area contributed by atoms with Crippen molar-refractivity contribution in [1.29, 1.82) is 0 Å². The Hall–Kier alpha value is -1.06. The first kappa shape index (κ1) is 12.4. The molecule has 0 heterocycles. The Labute approximate surface area is 102 Å². The van der Waals surface area contributed by atoms with Gasteiger partial charge in [-0.3, -0.25) is 9.59 Å². The second kappa shape index (κ2) is 5.52. The first-order valence-corrected chi connectivity index (χ1v) is 6.71. The van der Waals surface area contributed by atoms with Gasteiger partial charge in [0.1, 0.15) is 0 Å². The summed E-state index contributed by atoms with van der Waals surface area (Å²) in [6.07, 6.45) is 7.66. The summed E-state index contributed by atoms with van der Waals surface area (Å²) in [7, 11) is 0. The van der Waals surface area contributed by atoms with Crippen molar-refractivity contribution in [1.82, 2.24) is 5.32 Å². The molecule has 2 rings (SSSR count). The molecule has 0 bridgehead atoms. The number of carbonyl (C=O) groups is 2. The third-order valence-electron chi connectivity index (χ3n) is 4.14. The fourth-order valence-electron chi connectivity index (χ4n) is 2.75. The average molecular weight is 239 g/mol. The topological polar surface area (TPSA) is 66.4 Å². The summed E-state index contributed by atoms with van der Waals surface area (Å²) in [6.45, 7) is 0. The van der Waals surface area contributed by atoms with Gasteiger partial charge in [-0.05, 0) is 25.7 Å². The van der Waals surface area contributed by atoms with E-state index < -0.39 is 5.97 Å². The molecular weight excluding hydrogens is 218 g/mol. The van der Waals surface area contributed by atoms with Crippen LogP contribution in [0.25, 0.3) is 0 Å². The van der Waals surface area contributed by atoms with E-state index in [1.54, 1.807) is 0 Å². The van der Waals surface area contributed by atoms with Gasteiger partial charge in [0.2, 0.25) is 5.91 Å². The molecule has 2 atom stereocenters. The summed E-state index contributed by atoms with van der Waals surface area (Å²) in [5.41, 5.74) is 0. The van der Waals surface area contributed by atoms with E-state index in [4.69, 9.17) is 0 Å². The minimum Gasteiger partial charge on any atom is -0.481 e. The lowest BCUT2D eigenvalue weighted by atomic mass is 9.84. The van der Waals surface area contributed by atoms with Crippen LogP contribution in [0.2, 0.25) is 0 Å². The van der Waals surface area contributed by atoms with E-state index in [1.165, 1.54) is 0 Å². The van der Waals surface area contributed by atoms with Crippen molar-refractivity contribution >= 4 is 11.9 Å². The summed E-state index contributed by atoms with van der Waals surface area (Å²) < 4.78 is 0. The van der Waals surface area contributed by atoms with Crippen LogP contribution in [0.15, 0.2) is 0 Å². The molecule has 2 saturated carbocycles. The number of amides is 1. The Bertz CT molecular complexity index is 299. The lowest BCUT2D eigenvalue weighted by Gasteiger charge is -2.29. The highest BCUT2D eigenvalue weighted by molar-refractivity contribution is 5.80. The van der Waals surface area contributed by atoms with Crippen molar-refractivity contribution in [3.63, 3.8) is 0 Å². The van der Waals surface area contributed by atoms with Crippen LogP contribution in [-0.2, 0) is 9.59 Å². The van der Waals surface area contributed by atoms with Gasteiger partial charge in [0.15, 0.2) is 0 Å². The van der Waals surface area contributed by atoms with Crippen molar-refractivity contribution in [2.75, 3.05) is 0 Å². The van der Waals surface area contributed by atoms with Gasteiger partial charge in [-0.15, -0.1) is 0 Å². The monoisotopic (exact) mass is 239 g/mol. The van der Waals surface area contributed by atoms with Crippen LogP contribution in [0.5, 0.6) is 0 Å². The number of carbonyl (C=O) groups excluding carboxylic acids is 1. The minimum absolute atomic E-state index is 0.0781. The highest BCUT2D eigenvalue weighted by Gasteiger charge is 2.33. The van der Waals surface area contributed by atoms with E-state index in [1.807, 2.05) is 0 Å². The number of hydrogen-bond donors (Lipinski definition) is 2. The molecule has 0 radical (unpaired) electrons. The van der Waals surface area contributed by atoms with Gasteiger partial charge in [0.05, 0.1) is 5.92 Å². The molecule has 0 aliphatic heterocycles. The lowest BCUT2D eigenvalue weighted by molar-refractivity contribution is -0.143. The van der Waals surface area contributed by atoms with Crippen LogP contribution < -0.4 is 5.32 Å². The minimum atomic E-state index is -0.759. The normalized spacial score (nSPS) is 30.1. The first-order valence-electron chi connectivity index (χ1n) is 6.71. The third kappa shape index (κ3) is 2.99. The fraction of sp³-hybridized carbons (Fsp3) is 0.846. The van der Waals surface area contributed by atoms with Crippen molar-refractivity contribution < 1.29 is 14.7 Å². The van der Waals surface area contributed by atoms with Crippen molar-refractivity contribution in [3.05, 3.63) is 0 Å². The Morgan fingerprint density at radius 1 is 0.941 bits per heavy atom. The maximum Gasteiger partial charge on any atom is 0.308 e. The largest absolute Gasteiger partial charge is 0.481 e. The molecule has 4 heteroatoms. The quantitative estimate of drug-likeness (QED) is 0.740. The van der Waals surface area contributed by atoms with Gasteiger partial charge < -0.3 is 10.4 Å². The van der Waals surface area contributed by atoms with Crippen LogP contribution in [0.4, 0.5) is 0 Å². The van der Waals surface area contributed by atoms with Crippen molar-refractivity contribution in [3.8, 4) is 0 Å². The Morgan fingerprint density at radius 2 is 1.65 bits per heavy atom.